The van der Waals surface area contributed by atoms with Crippen molar-refractivity contribution < 1.29 is 9.53 Å². The zero-order chi connectivity index (χ0) is 16.8. The summed E-state index contributed by atoms with van der Waals surface area (Å²) in [5.74, 6) is 0.638. The average molecular weight is 322 g/mol. The largest absolute Gasteiger partial charge is 0.482 e. The van der Waals surface area contributed by atoms with Crippen LogP contribution in [0.4, 0.5) is 5.69 Å². The van der Waals surface area contributed by atoms with E-state index in [1.165, 1.54) is 0 Å². The molecule has 0 saturated carbocycles. The number of amides is 1. The molecule has 3 heterocycles. The van der Waals surface area contributed by atoms with Crippen LogP contribution in [0.15, 0.2) is 36.5 Å². The van der Waals surface area contributed by atoms with Crippen LogP contribution in [-0.4, -0.2) is 28.9 Å². The third-order valence-corrected chi connectivity index (χ3v) is 4.39. The molecule has 122 valence electrons. The number of aryl methyl sites for hydroxylation is 1. The van der Waals surface area contributed by atoms with Crippen molar-refractivity contribution in [2.24, 2.45) is 5.73 Å². The van der Waals surface area contributed by atoms with Crippen LogP contribution in [0.5, 0.6) is 5.75 Å². The zero-order valence-electron chi connectivity index (χ0n) is 13.6. The lowest BCUT2D eigenvalue weighted by molar-refractivity contribution is -0.120. The maximum Gasteiger partial charge on any atom is 0.264 e. The van der Waals surface area contributed by atoms with Crippen LogP contribution in [0.25, 0.3) is 16.9 Å². The van der Waals surface area contributed by atoms with E-state index in [2.05, 4.69) is 0 Å². The highest BCUT2D eigenvalue weighted by Crippen LogP contribution is 2.36. The SMILES string of the molecule is Cc1ccn2c(CN)c(-c3ccc4c(c3)N(C)C(=O)CO4)nc2c1. The number of nitrogens with two attached hydrogens (primary N) is 1. The second-order valence-electron chi connectivity index (χ2n) is 5.97. The first-order valence-corrected chi connectivity index (χ1v) is 7.80. The second kappa shape index (κ2) is 5.35. The number of fused-ring (bicyclic) bond motifs is 2. The van der Waals surface area contributed by atoms with E-state index in [0.29, 0.717) is 12.3 Å². The number of nitrogens with zero attached hydrogens (tertiary/aromatic N) is 3. The number of carbonyl (C=O) groups is 1. The van der Waals surface area contributed by atoms with Gasteiger partial charge in [0.15, 0.2) is 6.61 Å². The van der Waals surface area contributed by atoms with Gasteiger partial charge in [-0.05, 0) is 42.8 Å². The fourth-order valence-electron chi connectivity index (χ4n) is 3.04. The molecule has 0 spiro atoms. The fourth-order valence-corrected chi connectivity index (χ4v) is 3.04. The van der Waals surface area contributed by atoms with Crippen molar-refractivity contribution in [3.63, 3.8) is 0 Å². The topological polar surface area (TPSA) is 72.9 Å². The quantitative estimate of drug-likeness (QED) is 0.784. The van der Waals surface area contributed by atoms with Gasteiger partial charge in [-0.2, -0.15) is 0 Å². The van der Waals surface area contributed by atoms with Crippen LogP contribution in [0.1, 0.15) is 11.3 Å². The molecular formula is C18H18N4O2. The van der Waals surface area contributed by atoms with E-state index in [1.807, 2.05) is 47.9 Å². The minimum absolute atomic E-state index is 0.0654. The molecule has 2 aromatic heterocycles. The first kappa shape index (κ1) is 14.7. The number of aromatic nitrogens is 2. The fraction of sp³-hybridized carbons (Fsp3) is 0.222. The Morgan fingerprint density at radius 1 is 1.29 bits per heavy atom. The molecule has 3 aromatic rings. The molecule has 0 bridgehead atoms. The van der Waals surface area contributed by atoms with E-state index in [0.717, 1.165) is 33.8 Å². The molecular weight excluding hydrogens is 304 g/mol. The summed E-state index contributed by atoms with van der Waals surface area (Å²) in [5, 5.41) is 0. The van der Waals surface area contributed by atoms with Gasteiger partial charge in [-0.3, -0.25) is 4.79 Å². The maximum atomic E-state index is 11.9. The summed E-state index contributed by atoms with van der Waals surface area (Å²) in [7, 11) is 1.75. The number of rotatable bonds is 2. The Labute approximate surface area is 139 Å². The van der Waals surface area contributed by atoms with Crippen LogP contribution in [-0.2, 0) is 11.3 Å². The molecule has 2 N–H and O–H groups in total. The molecule has 1 aliphatic heterocycles. The Morgan fingerprint density at radius 3 is 2.92 bits per heavy atom. The van der Waals surface area contributed by atoms with Crippen molar-refractivity contribution in [1.82, 2.24) is 9.38 Å². The highest BCUT2D eigenvalue weighted by molar-refractivity contribution is 5.98. The van der Waals surface area contributed by atoms with Crippen LogP contribution < -0.4 is 15.4 Å². The number of hydrogen-bond donors (Lipinski definition) is 1. The van der Waals surface area contributed by atoms with E-state index < -0.39 is 0 Å². The van der Waals surface area contributed by atoms with Crippen LogP contribution in [0.2, 0.25) is 0 Å². The van der Waals surface area contributed by atoms with Crippen LogP contribution in [0, 0.1) is 6.92 Å². The molecule has 0 unspecified atom stereocenters. The van der Waals surface area contributed by atoms with Gasteiger partial charge in [0.25, 0.3) is 5.91 Å². The molecule has 0 fully saturated rings. The van der Waals surface area contributed by atoms with Crippen molar-refractivity contribution >= 4 is 17.2 Å². The lowest BCUT2D eigenvalue weighted by Gasteiger charge is -2.26. The highest BCUT2D eigenvalue weighted by Gasteiger charge is 2.23. The molecule has 4 rings (SSSR count). The molecule has 1 aromatic carbocycles. The lowest BCUT2D eigenvalue weighted by Crippen LogP contribution is -2.35. The summed E-state index contributed by atoms with van der Waals surface area (Å²) in [6, 6.07) is 9.82. The van der Waals surface area contributed by atoms with E-state index in [1.54, 1.807) is 11.9 Å². The van der Waals surface area contributed by atoms with Gasteiger partial charge in [0.1, 0.15) is 11.4 Å². The zero-order valence-corrected chi connectivity index (χ0v) is 13.6. The van der Waals surface area contributed by atoms with Crippen molar-refractivity contribution in [3.05, 3.63) is 47.8 Å². The third kappa shape index (κ3) is 2.15. The molecule has 24 heavy (non-hydrogen) atoms. The Kier molecular flexibility index (Phi) is 3.28. The van der Waals surface area contributed by atoms with E-state index in [4.69, 9.17) is 15.5 Å². The summed E-state index contributed by atoms with van der Waals surface area (Å²) in [6.45, 7) is 2.49. The molecule has 1 amide bonds. The molecule has 6 nitrogen and oxygen atoms in total. The van der Waals surface area contributed by atoms with Gasteiger partial charge in [-0.1, -0.05) is 0 Å². The number of carbonyl (C=O) groups excluding carboxylic acids is 1. The van der Waals surface area contributed by atoms with Crippen molar-refractivity contribution in [3.8, 4) is 17.0 Å². The Hall–Kier alpha value is -2.86. The highest BCUT2D eigenvalue weighted by atomic mass is 16.5. The monoisotopic (exact) mass is 322 g/mol. The summed E-state index contributed by atoms with van der Waals surface area (Å²) < 4.78 is 7.49. The average Bonchev–Trinajstić information content (AvgIpc) is 2.95. The van der Waals surface area contributed by atoms with Gasteiger partial charge in [0, 0.05) is 25.4 Å². The summed E-state index contributed by atoms with van der Waals surface area (Å²) in [5.41, 5.74) is 11.4. The lowest BCUT2D eigenvalue weighted by atomic mass is 10.1. The van der Waals surface area contributed by atoms with Gasteiger partial charge >= 0.3 is 0 Å². The molecule has 0 radical (unpaired) electrons. The van der Waals surface area contributed by atoms with E-state index in [-0.39, 0.29) is 12.5 Å². The maximum absolute atomic E-state index is 11.9. The number of likely N-dealkylation sites (N-methyl/N-ethyl adjacent to an activating group) is 1. The number of anilines is 1. The van der Waals surface area contributed by atoms with E-state index in [9.17, 15) is 4.79 Å². The number of benzene rings is 1. The van der Waals surface area contributed by atoms with Gasteiger partial charge in [-0.15, -0.1) is 0 Å². The Bertz CT molecular complexity index is 961. The van der Waals surface area contributed by atoms with E-state index >= 15 is 0 Å². The second-order valence-corrected chi connectivity index (χ2v) is 5.97. The van der Waals surface area contributed by atoms with Gasteiger partial charge in [0.05, 0.1) is 17.1 Å². The standard InChI is InChI=1S/C18H18N4O2/c1-11-5-6-22-14(9-19)18(20-16(22)7-11)12-3-4-15-13(8-12)21(2)17(23)10-24-15/h3-8H,9-10,19H2,1-2H3. The van der Waals surface area contributed by atoms with Gasteiger partial charge < -0.3 is 19.8 Å². The predicted molar refractivity (Wildman–Crippen MR) is 92.2 cm³/mol. The molecule has 0 atom stereocenters. The Morgan fingerprint density at radius 2 is 2.12 bits per heavy atom. The predicted octanol–water partition coefficient (Wildman–Crippen LogP) is 2.12. The summed E-state index contributed by atoms with van der Waals surface area (Å²) in [4.78, 5) is 18.2. The minimum Gasteiger partial charge on any atom is -0.482 e. The van der Waals surface area contributed by atoms with Crippen molar-refractivity contribution in [1.29, 1.82) is 0 Å². The first-order chi connectivity index (χ1) is 11.6. The number of ether oxygens (including phenoxy) is 1. The number of imidazole rings is 1. The third-order valence-electron chi connectivity index (χ3n) is 4.39. The summed E-state index contributed by atoms with van der Waals surface area (Å²) >= 11 is 0. The molecule has 0 saturated heterocycles. The van der Waals surface area contributed by atoms with Crippen molar-refractivity contribution in [2.45, 2.75) is 13.5 Å². The minimum atomic E-state index is -0.0654. The molecule has 6 heteroatoms. The summed E-state index contributed by atoms with van der Waals surface area (Å²) in [6.07, 6.45) is 1.99. The molecule has 1 aliphatic rings. The van der Waals surface area contributed by atoms with Crippen LogP contribution >= 0.6 is 0 Å². The Balaban J connectivity index is 1.90. The number of hydrogen-bond acceptors (Lipinski definition) is 4. The van der Waals surface area contributed by atoms with Crippen molar-refractivity contribution in [2.75, 3.05) is 18.6 Å². The smallest absolute Gasteiger partial charge is 0.264 e. The van der Waals surface area contributed by atoms with Gasteiger partial charge in [0.2, 0.25) is 0 Å². The number of pyridine rings is 1. The normalized spacial score (nSPS) is 14.0. The molecule has 0 aliphatic carbocycles. The van der Waals surface area contributed by atoms with Gasteiger partial charge in [-0.25, -0.2) is 4.98 Å². The van der Waals surface area contributed by atoms with Crippen LogP contribution in [0.3, 0.4) is 0 Å². The first-order valence-electron chi connectivity index (χ1n) is 7.80.